The Morgan fingerprint density at radius 2 is 2.29 bits per heavy atom. The van der Waals surface area contributed by atoms with Crippen molar-refractivity contribution in [3.8, 4) is 0 Å². The molecule has 0 aromatic heterocycles. The summed E-state index contributed by atoms with van der Waals surface area (Å²) in [6, 6.07) is 0. The van der Waals surface area contributed by atoms with Crippen LogP contribution in [0, 0.1) is 0 Å². The summed E-state index contributed by atoms with van der Waals surface area (Å²) in [6.45, 7) is 0.535. The normalized spacial score (nSPS) is 39.4. The highest BCUT2D eigenvalue weighted by molar-refractivity contribution is 8.01. The maximum Gasteiger partial charge on any atom is 0.222 e. The van der Waals surface area contributed by atoms with Crippen LogP contribution in [-0.4, -0.2) is 42.5 Å². The van der Waals surface area contributed by atoms with Gasteiger partial charge in [0.1, 0.15) is 6.10 Å². The molecule has 14 heavy (non-hydrogen) atoms. The van der Waals surface area contributed by atoms with Crippen molar-refractivity contribution in [3.63, 3.8) is 0 Å². The molecule has 0 aromatic rings. The predicted molar refractivity (Wildman–Crippen MR) is 58.5 cm³/mol. The zero-order valence-electron chi connectivity index (χ0n) is 8.06. The molecule has 0 aliphatic carbocycles. The molecular weight excluding hydrogens is 220 g/mol. The van der Waals surface area contributed by atoms with Crippen LogP contribution in [0.1, 0.15) is 0 Å². The van der Waals surface area contributed by atoms with Crippen LogP contribution in [0.3, 0.4) is 0 Å². The Bertz CT molecular complexity index is 277. The quantitative estimate of drug-likeness (QED) is 0.670. The van der Waals surface area contributed by atoms with E-state index in [0.29, 0.717) is 6.61 Å². The highest BCUT2D eigenvalue weighted by Crippen LogP contribution is 2.35. The molecule has 78 valence electrons. The van der Waals surface area contributed by atoms with Gasteiger partial charge < -0.3 is 9.47 Å². The molecule has 0 unspecified atom stereocenters. The molecule has 0 saturated carbocycles. The number of carbonyl (C=O) groups excluding carboxylic acids is 1. The number of thioether (sulfide) groups is 2. The number of hydrogen-bond acceptors (Lipinski definition) is 5. The van der Waals surface area contributed by atoms with Gasteiger partial charge in [0.25, 0.3) is 0 Å². The smallest absolute Gasteiger partial charge is 0.222 e. The molecule has 2 aliphatic rings. The second-order valence-corrected chi connectivity index (χ2v) is 4.86. The molecule has 0 N–H and O–H groups in total. The molecule has 5 heteroatoms. The fraction of sp³-hybridized carbons (Fsp3) is 0.667. The van der Waals surface area contributed by atoms with Gasteiger partial charge in [-0.25, -0.2) is 0 Å². The van der Waals surface area contributed by atoms with Crippen LogP contribution in [0.4, 0.5) is 0 Å². The largest absolute Gasteiger partial charge is 0.343 e. The molecule has 2 rings (SSSR count). The SMILES string of the molecule is CS/C=C1/C(=O)[C@@H]2OC[C@@H](O2)[C@H]1SC. The minimum Gasteiger partial charge on any atom is -0.343 e. The van der Waals surface area contributed by atoms with Gasteiger partial charge in [-0.05, 0) is 17.9 Å². The van der Waals surface area contributed by atoms with Gasteiger partial charge in [0.2, 0.25) is 12.1 Å². The molecule has 0 aromatic carbocycles. The number of rotatable bonds is 2. The van der Waals surface area contributed by atoms with Crippen molar-refractivity contribution in [1.29, 1.82) is 0 Å². The molecule has 2 fully saturated rings. The van der Waals surface area contributed by atoms with Crippen LogP contribution >= 0.6 is 23.5 Å². The van der Waals surface area contributed by atoms with Gasteiger partial charge in [-0.15, -0.1) is 11.8 Å². The lowest BCUT2D eigenvalue weighted by Crippen LogP contribution is -2.39. The van der Waals surface area contributed by atoms with Crippen LogP contribution in [0.15, 0.2) is 11.0 Å². The maximum atomic E-state index is 11.8. The lowest BCUT2D eigenvalue weighted by atomic mass is 10.0. The second kappa shape index (κ2) is 4.26. The number of hydrogen-bond donors (Lipinski definition) is 0. The third-order valence-electron chi connectivity index (χ3n) is 2.35. The van der Waals surface area contributed by atoms with Crippen molar-refractivity contribution in [2.24, 2.45) is 0 Å². The molecule has 3 atom stereocenters. The molecule has 0 radical (unpaired) electrons. The minimum absolute atomic E-state index is 0.00699. The number of carbonyl (C=O) groups is 1. The van der Waals surface area contributed by atoms with E-state index in [2.05, 4.69) is 0 Å². The Labute approximate surface area is 91.6 Å². The fourth-order valence-corrected chi connectivity index (χ4v) is 3.21. The Morgan fingerprint density at radius 1 is 1.50 bits per heavy atom. The monoisotopic (exact) mass is 232 g/mol. The highest BCUT2D eigenvalue weighted by atomic mass is 32.2. The zero-order chi connectivity index (χ0) is 10.1. The molecule has 2 aliphatic heterocycles. The van der Waals surface area contributed by atoms with Gasteiger partial charge >= 0.3 is 0 Å². The summed E-state index contributed by atoms with van der Waals surface area (Å²) in [5, 5.41) is 2.05. The van der Waals surface area contributed by atoms with Crippen molar-refractivity contribution >= 4 is 29.3 Å². The third-order valence-corrected chi connectivity index (χ3v) is 3.91. The van der Waals surface area contributed by atoms with Crippen LogP contribution in [-0.2, 0) is 14.3 Å². The van der Waals surface area contributed by atoms with E-state index in [0.717, 1.165) is 5.57 Å². The van der Waals surface area contributed by atoms with E-state index in [1.54, 1.807) is 23.5 Å². The Balaban J connectivity index is 2.28. The molecule has 3 nitrogen and oxygen atoms in total. The van der Waals surface area contributed by atoms with Crippen LogP contribution in [0.25, 0.3) is 0 Å². The summed E-state index contributed by atoms with van der Waals surface area (Å²) in [5.41, 5.74) is 0.851. The molecular formula is C9H12O3S2. The lowest BCUT2D eigenvalue weighted by Gasteiger charge is -2.27. The van der Waals surface area contributed by atoms with Gasteiger partial charge in [0.05, 0.1) is 11.9 Å². The summed E-state index contributed by atoms with van der Waals surface area (Å²) in [5.74, 6) is -0.00699. The van der Waals surface area contributed by atoms with Crippen molar-refractivity contribution in [1.82, 2.24) is 0 Å². The van der Waals surface area contributed by atoms with Gasteiger partial charge in [0, 0.05) is 5.57 Å². The molecule has 0 spiro atoms. The zero-order valence-corrected chi connectivity index (χ0v) is 9.69. The molecule has 2 bridgehead atoms. The molecule has 0 amide bonds. The van der Waals surface area contributed by atoms with Crippen LogP contribution < -0.4 is 0 Å². The minimum atomic E-state index is -0.637. The van der Waals surface area contributed by atoms with Gasteiger partial charge in [-0.3, -0.25) is 4.79 Å². The van der Waals surface area contributed by atoms with E-state index < -0.39 is 6.29 Å². The molecule has 2 saturated heterocycles. The van der Waals surface area contributed by atoms with Crippen LogP contribution in [0.5, 0.6) is 0 Å². The van der Waals surface area contributed by atoms with Gasteiger partial charge in [-0.1, -0.05) is 0 Å². The first kappa shape index (κ1) is 10.5. The van der Waals surface area contributed by atoms with Crippen LogP contribution in [0.2, 0.25) is 0 Å². The lowest BCUT2D eigenvalue weighted by molar-refractivity contribution is -0.145. The summed E-state index contributed by atoms with van der Waals surface area (Å²) >= 11 is 3.20. The number of ether oxygens (including phenoxy) is 2. The van der Waals surface area contributed by atoms with Gasteiger partial charge in [0.15, 0.2) is 0 Å². The average molecular weight is 232 g/mol. The van der Waals surface area contributed by atoms with E-state index in [1.165, 1.54) is 0 Å². The Hall–Kier alpha value is 0.0300. The number of Topliss-reactive ketones (excluding diaryl/α,β-unsaturated/α-hetero) is 1. The maximum absolute atomic E-state index is 11.8. The first-order chi connectivity index (χ1) is 6.77. The van der Waals surface area contributed by atoms with Gasteiger partial charge in [-0.2, -0.15) is 11.8 Å². The van der Waals surface area contributed by atoms with E-state index >= 15 is 0 Å². The number of ketones is 1. The van der Waals surface area contributed by atoms with E-state index in [4.69, 9.17) is 9.47 Å². The average Bonchev–Trinajstić information content (AvgIpc) is 2.61. The van der Waals surface area contributed by atoms with E-state index in [-0.39, 0.29) is 17.1 Å². The first-order valence-electron chi connectivity index (χ1n) is 4.35. The summed E-state index contributed by atoms with van der Waals surface area (Å²) in [7, 11) is 0. The number of fused-ring (bicyclic) bond motifs is 2. The molecule has 2 heterocycles. The second-order valence-electron chi connectivity index (χ2n) is 3.17. The Morgan fingerprint density at radius 3 is 2.93 bits per heavy atom. The third kappa shape index (κ3) is 1.62. The van der Waals surface area contributed by atoms with Crippen molar-refractivity contribution in [3.05, 3.63) is 11.0 Å². The summed E-state index contributed by atoms with van der Waals surface area (Å²) in [4.78, 5) is 11.8. The van der Waals surface area contributed by atoms with E-state index in [1.807, 2.05) is 17.9 Å². The highest BCUT2D eigenvalue weighted by Gasteiger charge is 2.46. The van der Waals surface area contributed by atoms with Crippen molar-refractivity contribution in [2.75, 3.05) is 19.1 Å². The van der Waals surface area contributed by atoms with Crippen molar-refractivity contribution < 1.29 is 14.3 Å². The Kier molecular flexibility index (Phi) is 3.21. The topological polar surface area (TPSA) is 35.5 Å². The van der Waals surface area contributed by atoms with Crippen molar-refractivity contribution in [2.45, 2.75) is 17.6 Å². The van der Waals surface area contributed by atoms with E-state index in [9.17, 15) is 4.79 Å². The summed E-state index contributed by atoms with van der Waals surface area (Å²) in [6.07, 6.45) is 3.36. The standard InChI is InChI=1S/C9H12O3S2/c1-13-4-5-7(10)9-11-3-6(12-9)8(5)14-2/h4,6,8-9H,3H2,1-2H3/b5-4-/t6-,8+,9-/m1/s1. The summed E-state index contributed by atoms with van der Waals surface area (Å²) < 4.78 is 10.7. The first-order valence-corrected chi connectivity index (χ1v) is 6.92. The fourth-order valence-electron chi connectivity index (χ4n) is 1.72. The predicted octanol–water partition coefficient (Wildman–Crippen LogP) is 1.29.